The van der Waals surface area contributed by atoms with E-state index in [1.165, 1.54) is 12.3 Å². The lowest BCUT2D eigenvalue weighted by Crippen LogP contribution is -1.99. The highest BCUT2D eigenvalue weighted by Gasteiger charge is 1.97. The highest BCUT2D eigenvalue weighted by Crippen LogP contribution is 2.11. The molecule has 0 aliphatic rings. The van der Waals surface area contributed by atoms with Crippen LogP contribution in [0, 0.1) is 0 Å². The Labute approximate surface area is 115 Å². The van der Waals surface area contributed by atoms with Crippen LogP contribution in [0.2, 0.25) is 0 Å². The molecule has 0 saturated heterocycles. The van der Waals surface area contributed by atoms with Crippen molar-refractivity contribution in [2.24, 2.45) is 11.5 Å². The lowest BCUT2D eigenvalue weighted by Gasteiger charge is -2.04. The maximum Gasteiger partial charge on any atom is 0.141 e. The first-order valence-electron chi connectivity index (χ1n) is 5.74. The maximum atomic E-state index is 5.71. The van der Waals surface area contributed by atoms with Crippen LogP contribution in [0.25, 0.3) is 0 Å². The van der Waals surface area contributed by atoms with Crippen LogP contribution >= 0.6 is 0 Å². The van der Waals surface area contributed by atoms with Gasteiger partial charge in [-0.25, -0.2) is 0 Å². The van der Waals surface area contributed by atoms with Crippen molar-refractivity contribution in [2.45, 2.75) is 6.42 Å². The molecular formula is C15H22N2O2. The molecule has 0 aromatic carbocycles. The Morgan fingerprint density at radius 3 is 2.26 bits per heavy atom. The Hall–Kier alpha value is -2.36. The first-order valence-corrected chi connectivity index (χ1v) is 5.74. The van der Waals surface area contributed by atoms with E-state index in [-0.39, 0.29) is 0 Å². The second-order valence-corrected chi connectivity index (χ2v) is 3.53. The first kappa shape index (κ1) is 16.6. The van der Waals surface area contributed by atoms with Crippen LogP contribution in [0.1, 0.15) is 6.42 Å². The van der Waals surface area contributed by atoms with Crippen molar-refractivity contribution in [1.29, 1.82) is 0 Å². The van der Waals surface area contributed by atoms with Crippen molar-refractivity contribution in [1.82, 2.24) is 0 Å². The molecular weight excluding hydrogens is 240 g/mol. The van der Waals surface area contributed by atoms with E-state index in [9.17, 15) is 0 Å². The summed E-state index contributed by atoms with van der Waals surface area (Å²) in [6, 6.07) is 0. The van der Waals surface area contributed by atoms with Gasteiger partial charge in [0.05, 0.1) is 19.9 Å². The van der Waals surface area contributed by atoms with E-state index in [0.29, 0.717) is 23.6 Å². The second kappa shape index (κ2) is 9.65. The lowest BCUT2D eigenvalue weighted by atomic mass is 10.1. The summed E-state index contributed by atoms with van der Waals surface area (Å²) in [5, 5.41) is 0. The summed E-state index contributed by atoms with van der Waals surface area (Å²) in [6.07, 6.45) is 10.8. The van der Waals surface area contributed by atoms with Gasteiger partial charge in [0.1, 0.15) is 11.5 Å². The predicted molar refractivity (Wildman–Crippen MR) is 79.7 cm³/mol. The minimum Gasteiger partial charge on any atom is -0.495 e. The third kappa shape index (κ3) is 6.21. The molecule has 0 aromatic heterocycles. The predicted octanol–water partition coefficient (Wildman–Crippen LogP) is 2.49. The molecule has 0 radical (unpaired) electrons. The van der Waals surface area contributed by atoms with Gasteiger partial charge < -0.3 is 20.9 Å². The molecule has 0 aromatic rings. The van der Waals surface area contributed by atoms with Gasteiger partial charge in [-0.15, -0.1) is 0 Å². The van der Waals surface area contributed by atoms with Crippen LogP contribution in [0.4, 0.5) is 0 Å². The molecule has 0 spiro atoms. The van der Waals surface area contributed by atoms with Gasteiger partial charge in [-0.2, -0.15) is 0 Å². The summed E-state index contributed by atoms with van der Waals surface area (Å²) < 4.78 is 10.2. The van der Waals surface area contributed by atoms with E-state index in [1.54, 1.807) is 26.4 Å². The molecule has 0 aliphatic carbocycles. The van der Waals surface area contributed by atoms with Crippen LogP contribution in [0.15, 0.2) is 72.5 Å². The van der Waals surface area contributed by atoms with Crippen LogP contribution in [0.3, 0.4) is 0 Å². The van der Waals surface area contributed by atoms with Crippen molar-refractivity contribution in [3.05, 3.63) is 72.5 Å². The Morgan fingerprint density at radius 2 is 1.84 bits per heavy atom. The zero-order valence-corrected chi connectivity index (χ0v) is 11.6. The number of ether oxygens (including phenoxy) is 2. The highest BCUT2D eigenvalue weighted by molar-refractivity contribution is 5.30. The molecule has 0 unspecified atom stereocenters. The van der Waals surface area contributed by atoms with E-state index >= 15 is 0 Å². The number of rotatable bonds is 8. The smallest absolute Gasteiger partial charge is 0.141 e. The Kier molecular flexibility index (Phi) is 8.45. The maximum absolute atomic E-state index is 5.71. The normalized spacial score (nSPS) is 14.0. The van der Waals surface area contributed by atoms with Crippen molar-refractivity contribution in [3.8, 4) is 0 Å². The standard InChI is InChI=1S/C15H22N2O2/c1-5-12(10-13(11-16)18-3)8-7-9-15(19-4)14(17)6-2/h5-7,9-11H,1-2,8,16-17H2,3-4H3/b9-7+,12-10+,13-11-,15-14-. The average molecular weight is 262 g/mol. The van der Waals surface area contributed by atoms with Gasteiger partial charge in [0.25, 0.3) is 0 Å². The molecule has 104 valence electrons. The van der Waals surface area contributed by atoms with Crippen molar-refractivity contribution < 1.29 is 9.47 Å². The van der Waals surface area contributed by atoms with Gasteiger partial charge in [-0.1, -0.05) is 25.3 Å². The van der Waals surface area contributed by atoms with E-state index in [2.05, 4.69) is 13.2 Å². The summed E-state index contributed by atoms with van der Waals surface area (Å²) >= 11 is 0. The summed E-state index contributed by atoms with van der Waals surface area (Å²) in [6.45, 7) is 7.33. The fourth-order valence-electron chi connectivity index (χ4n) is 1.24. The van der Waals surface area contributed by atoms with Gasteiger partial charge in [0.15, 0.2) is 0 Å². The fourth-order valence-corrected chi connectivity index (χ4v) is 1.24. The molecule has 4 heteroatoms. The average Bonchev–Trinajstić information content (AvgIpc) is 2.46. The molecule has 4 N–H and O–H groups in total. The zero-order chi connectivity index (χ0) is 14.7. The first-order chi connectivity index (χ1) is 9.12. The molecule has 19 heavy (non-hydrogen) atoms. The molecule has 0 rings (SSSR count). The second-order valence-electron chi connectivity index (χ2n) is 3.53. The van der Waals surface area contributed by atoms with E-state index in [0.717, 1.165) is 5.57 Å². The van der Waals surface area contributed by atoms with Gasteiger partial charge >= 0.3 is 0 Å². The Morgan fingerprint density at radius 1 is 1.16 bits per heavy atom. The van der Waals surface area contributed by atoms with Crippen LogP contribution < -0.4 is 11.5 Å². The monoisotopic (exact) mass is 262 g/mol. The zero-order valence-electron chi connectivity index (χ0n) is 11.6. The fraction of sp³-hybridized carbons (Fsp3) is 0.200. The quantitative estimate of drug-likeness (QED) is 0.521. The summed E-state index contributed by atoms with van der Waals surface area (Å²) in [5.41, 5.74) is 12.6. The molecule has 0 heterocycles. The number of methoxy groups -OCH3 is 2. The minimum atomic E-state index is 0.488. The van der Waals surface area contributed by atoms with E-state index in [4.69, 9.17) is 20.9 Å². The molecule has 0 aliphatic heterocycles. The van der Waals surface area contributed by atoms with Gasteiger partial charge in [0.2, 0.25) is 0 Å². The molecule has 0 bridgehead atoms. The van der Waals surface area contributed by atoms with Crippen molar-refractivity contribution >= 4 is 0 Å². The van der Waals surface area contributed by atoms with Crippen LogP contribution in [0.5, 0.6) is 0 Å². The topological polar surface area (TPSA) is 70.5 Å². The van der Waals surface area contributed by atoms with Crippen LogP contribution in [-0.4, -0.2) is 14.2 Å². The third-order valence-corrected chi connectivity index (χ3v) is 2.34. The highest BCUT2D eigenvalue weighted by atomic mass is 16.5. The van der Waals surface area contributed by atoms with Gasteiger partial charge in [0, 0.05) is 6.20 Å². The van der Waals surface area contributed by atoms with Gasteiger partial charge in [-0.3, -0.25) is 0 Å². The van der Waals surface area contributed by atoms with Crippen molar-refractivity contribution in [2.75, 3.05) is 14.2 Å². The van der Waals surface area contributed by atoms with E-state index in [1.807, 2.05) is 12.2 Å². The SMILES string of the molecule is C=C/C(=C\C(=C\N)OC)C/C=C/C(OC)=C(/N)C=C. The van der Waals surface area contributed by atoms with Crippen molar-refractivity contribution in [3.63, 3.8) is 0 Å². The Bertz CT molecular complexity index is 429. The number of hydrogen-bond donors (Lipinski definition) is 2. The van der Waals surface area contributed by atoms with Crippen LogP contribution in [-0.2, 0) is 9.47 Å². The summed E-state index contributed by atoms with van der Waals surface area (Å²) in [5.74, 6) is 1.15. The number of hydrogen-bond acceptors (Lipinski definition) is 4. The number of allylic oxidation sites excluding steroid dienone is 6. The summed E-state index contributed by atoms with van der Waals surface area (Å²) in [4.78, 5) is 0. The molecule has 0 amide bonds. The molecule has 0 atom stereocenters. The lowest BCUT2D eigenvalue weighted by molar-refractivity contribution is 0.303. The molecule has 0 saturated carbocycles. The summed E-state index contributed by atoms with van der Waals surface area (Å²) in [7, 11) is 3.11. The van der Waals surface area contributed by atoms with E-state index < -0.39 is 0 Å². The molecule has 4 nitrogen and oxygen atoms in total. The number of nitrogens with two attached hydrogens (primary N) is 2. The third-order valence-electron chi connectivity index (χ3n) is 2.34. The van der Waals surface area contributed by atoms with Gasteiger partial charge in [-0.05, 0) is 30.2 Å². The minimum absolute atomic E-state index is 0.488. The largest absolute Gasteiger partial charge is 0.495 e. The molecule has 0 fully saturated rings. The Balaban J connectivity index is 4.86.